The Balaban J connectivity index is 1.55. The number of aryl methyl sites for hydroxylation is 1. The van der Waals surface area contributed by atoms with Gasteiger partial charge >= 0.3 is 0 Å². The van der Waals surface area contributed by atoms with Gasteiger partial charge in [0.25, 0.3) is 0 Å². The SMILES string of the molecule is Cc1nnc(C(CC(=O)Nc2ccc3c(c2)C(C)(C)C(=O)N3)c2ccccc2)o1. The number of benzene rings is 2. The Hall–Kier alpha value is -3.48. The molecule has 0 bridgehead atoms. The normalized spacial score (nSPS) is 15.5. The number of nitrogens with one attached hydrogen (secondary N) is 2. The molecule has 7 heteroatoms. The van der Waals surface area contributed by atoms with Gasteiger partial charge in [0.15, 0.2) is 0 Å². The highest BCUT2D eigenvalue weighted by Crippen LogP contribution is 2.38. The lowest BCUT2D eigenvalue weighted by Crippen LogP contribution is -2.27. The third-order valence-electron chi connectivity index (χ3n) is 5.22. The highest BCUT2D eigenvalue weighted by atomic mass is 16.4. The van der Waals surface area contributed by atoms with E-state index in [-0.39, 0.29) is 24.2 Å². The second-order valence-electron chi connectivity index (χ2n) is 7.71. The average molecular weight is 390 g/mol. The van der Waals surface area contributed by atoms with Crippen molar-refractivity contribution in [1.82, 2.24) is 10.2 Å². The average Bonchev–Trinajstić information content (AvgIpc) is 3.22. The first-order chi connectivity index (χ1) is 13.8. The van der Waals surface area contributed by atoms with Gasteiger partial charge in [0.2, 0.25) is 23.6 Å². The molecule has 2 amide bonds. The van der Waals surface area contributed by atoms with E-state index in [4.69, 9.17) is 4.42 Å². The van der Waals surface area contributed by atoms with Crippen molar-refractivity contribution in [3.05, 3.63) is 71.4 Å². The van der Waals surface area contributed by atoms with Crippen LogP contribution in [0, 0.1) is 6.92 Å². The zero-order valence-corrected chi connectivity index (χ0v) is 16.5. The van der Waals surface area contributed by atoms with Gasteiger partial charge in [0.1, 0.15) is 0 Å². The number of carbonyl (C=O) groups excluding carboxylic acids is 2. The first kappa shape index (κ1) is 18.9. The quantitative estimate of drug-likeness (QED) is 0.691. The lowest BCUT2D eigenvalue weighted by atomic mass is 9.86. The van der Waals surface area contributed by atoms with Crippen LogP contribution in [0.1, 0.15) is 49.1 Å². The summed E-state index contributed by atoms with van der Waals surface area (Å²) < 4.78 is 5.60. The predicted molar refractivity (Wildman–Crippen MR) is 109 cm³/mol. The zero-order valence-electron chi connectivity index (χ0n) is 16.5. The number of hydrogen-bond acceptors (Lipinski definition) is 5. The first-order valence-electron chi connectivity index (χ1n) is 9.45. The minimum atomic E-state index is -0.635. The van der Waals surface area contributed by atoms with E-state index in [1.807, 2.05) is 56.3 Å². The van der Waals surface area contributed by atoms with Gasteiger partial charge in [-0.3, -0.25) is 9.59 Å². The summed E-state index contributed by atoms with van der Waals surface area (Å²) in [6.07, 6.45) is 0.156. The molecule has 29 heavy (non-hydrogen) atoms. The van der Waals surface area contributed by atoms with Gasteiger partial charge in [0, 0.05) is 24.7 Å². The van der Waals surface area contributed by atoms with E-state index in [2.05, 4.69) is 20.8 Å². The molecule has 148 valence electrons. The molecule has 1 aliphatic rings. The molecule has 0 fully saturated rings. The van der Waals surface area contributed by atoms with E-state index in [9.17, 15) is 9.59 Å². The highest BCUT2D eigenvalue weighted by Gasteiger charge is 2.38. The lowest BCUT2D eigenvalue weighted by molar-refractivity contribution is -0.119. The van der Waals surface area contributed by atoms with Gasteiger partial charge in [-0.05, 0) is 43.2 Å². The second kappa shape index (κ2) is 7.16. The van der Waals surface area contributed by atoms with Crippen molar-refractivity contribution >= 4 is 23.2 Å². The molecule has 0 saturated carbocycles. The van der Waals surface area contributed by atoms with Gasteiger partial charge in [-0.15, -0.1) is 10.2 Å². The van der Waals surface area contributed by atoms with Crippen molar-refractivity contribution < 1.29 is 14.0 Å². The van der Waals surface area contributed by atoms with Crippen molar-refractivity contribution in [2.45, 2.75) is 38.5 Å². The third kappa shape index (κ3) is 3.63. The molecule has 0 spiro atoms. The smallest absolute Gasteiger partial charge is 0.234 e. The molecular formula is C22H22N4O3. The summed E-state index contributed by atoms with van der Waals surface area (Å²) in [5.41, 5.74) is 2.58. The van der Waals surface area contributed by atoms with E-state index in [0.29, 0.717) is 17.5 Å². The van der Waals surface area contributed by atoms with Gasteiger partial charge < -0.3 is 15.1 Å². The summed E-state index contributed by atoms with van der Waals surface area (Å²) in [7, 11) is 0. The number of rotatable bonds is 5. The third-order valence-corrected chi connectivity index (χ3v) is 5.22. The van der Waals surface area contributed by atoms with Crippen LogP contribution in [0.15, 0.2) is 52.9 Å². The number of amides is 2. The maximum absolute atomic E-state index is 12.8. The molecule has 4 rings (SSSR count). The van der Waals surface area contributed by atoms with Crippen LogP contribution < -0.4 is 10.6 Å². The van der Waals surface area contributed by atoms with Crippen LogP contribution >= 0.6 is 0 Å². The molecule has 2 heterocycles. The monoisotopic (exact) mass is 390 g/mol. The number of fused-ring (bicyclic) bond motifs is 1. The van der Waals surface area contributed by atoms with Crippen molar-refractivity contribution in [1.29, 1.82) is 0 Å². The van der Waals surface area contributed by atoms with Crippen LogP contribution in [0.25, 0.3) is 0 Å². The van der Waals surface area contributed by atoms with Crippen molar-refractivity contribution in [3.8, 4) is 0 Å². The minimum Gasteiger partial charge on any atom is -0.425 e. The molecule has 1 atom stereocenters. The summed E-state index contributed by atoms with van der Waals surface area (Å²) in [6.45, 7) is 5.45. The topological polar surface area (TPSA) is 97.1 Å². The van der Waals surface area contributed by atoms with E-state index >= 15 is 0 Å². The molecule has 1 aliphatic heterocycles. The Morgan fingerprint density at radius 2 is 1.93 bits per heavy atom. The number of anilines is 2. The van der Waals surface area contributed by atoms with Crippen LogP contribution in [0.5, 0.6) is 0 Å². The number of aromatic nitrogens is 2. The molecule has 0 saturated heterocycles. The van der Waals surface area contributed by atoms with Crippen molar-refractivity contribution in [2.24, 2.45) is 0 Å². The van der Waals surface area contributed by atoms with Crippen molar-refractivity contribution in [3.63, 3.8) is 0 Å². The Bertz CT molecular complexity index is 1070. The maximum Gasteiger partial charge on any atom is 0.234 e. The first-order valence-corrected chi connectivity index (χ1v) is 9.45. The van der Waals surface area contributed by atoms with Crippen LogP contribution in [0.3, 0.4) is 0 Å². The second-order valence-corrected chi connectivity index (χ2v) is 7.71. The highest BCUT2D eigenvalue weighted by molar-refractivity contribution is 6.06. The molecule has 2 N–H and O–H groups in total. The standard InChI is InChI=1S/C22H22N4O3/c1-13-25-26-20(29-13)16(14-7-5-4-6-8-14)12-19(27)23-15-9-10-18-17(11-15)22(2,3)21(28)24-18/h4-11,16H,12H2,1-3H3,(H,23,27)(H,24,28). The molecule has 1 aromatic heterocycles. The molecule has 0 aliphatic carbocycles. The van der Waals surface area contributed by atoms with Crippen molar-refractivity contribution in [2.75, 3.05) is 10.6 Å². The number of hydrogen-bond donors (Lipinski definition) is 2. The van der Waals surface area contributed by atoms with Gasteiger partial charge in [-0.25, -0.2) is 0 Å². The number of nitrogens with zero attached hydrogens (tertiary/aromatic N) is 2. The van der Waals surface area contributed by atoms with Crippen LogP contribution in [-0.2, 0) is 15.0 Å². The molecule has 3 aromatic rings. The van der Waals surface area contributed by atoms with Crippen LogP contribution in [0.4, 0.5) is 11.4 Å². The minimum absolute atomic E-state index is 0.0492. The van der Waals surface area contributed by atoms with Gasteiger partial charge in [-0.1, -0.05) is 30.3 Å². The molecule has 0 radical (unpaired) electrons. The van der Waals surface area contributed by atoms with E-state index < -0.39 is 5.41 Å². The van der Waals surface area contributed by atoms with Gasteiger partial charge in [0.05, 0.1) is 11.3 Å². The molecule has 1 unspecified atom stereocenters. The van der Waals surface area contributed by atoms with E-state index in [1.165, 1.54) is 0 Å². The fraction of sp³-hybridized carbons (Fsp3) is 0.273. The fourth-order valence-electron chi connectivity index (χ4n) is 3.53. The fourth-order valence-corrected chi connectivity index (χ4v) is 3.53. The lowest BCUT2D eigenvalue weighted by Gasteiger charge is -2.17. The summed E-state index contributed by atoms with van der Waals surface area (Å²) >= 11 is 0. The largest absolute Gasteiger partial charge is 0.425 e. The zero-order chi connectivity index (χ0) is 20.6. The van der Waals surface area contributed by atoms with E-state index in [0.717, 1.165) is 16.8 Å². The van der Waals surface area contributed by atoms with Crippen LogP contribution in [0.2, 0.25) is 0 Å². The summed E-state index contributed by atoms with van der Waals surface area (Å²) in [5, 5.41) is 13.8. The molecular weight excluding hydrogens is 368 g/mol. The summed E-state index contributed by atoms with van der Waals surface area (Å²) in [6, 6.07) is 15.1. The molecule has 2 aromatic carbocycles. The Morgan fingerprint density at radius 1 is 1.17 bits per heavy atom. The predicted octanol–water partition coefficient (Wildman–Crippen LogP) is 3.77. The van der Waals surface area contributed by atoms with Gasteiger partial charge in [-0.2, -0.15) is 0 Å². The Kier molecular flexibility index (Phi) is 4.66. The van der Waals surface area contributed by atoms with E-state index in [1.54, 1.807) is 13.0 Å². The van der Waals surface area contributed by atoms with Crippen LogP contribution in [-0.4, -0.2) is 22.0 Å². The number of carbonyl (C=O) groups is 2. The maximum atomic E-state index is 12.8. The summed E-state index contributed by atoms with van der Waals surface area (Å²) in [5.74, 6) is 0.302. The summed E-state index contributed by atoms with van der Waals surface area (Å²) in [4.78, 5) is 24.9. The Morgan fingerprint density at radius 3 is 2.62 bits per heavy atom. The molecule has 7 nitrogen and oxygen atoms in total. The Labute approximate surface area is 168 Å².